The number of benzene rings is 1. The third-order valence-electron chi connectivity index (χ3n) is 5.92. The van der Waals surface area contributed by atoms with Crippen molar-refractivity contribution in [3.63, 3.8) is 0 Å². The number of nitrogens with zero attached hydrogens (tertiary/aromatic N) is 2. The molecule has 0 atom stereocenters. The van der Waals surface area contributed by atoms with Gasteiger partial charge in [0.05, 0.1) is 23.4 Å². The molecule has 2 aliphatic rings. The smallest absolute Gasteiger partial charge is 0.142 e. The van der Waals surface area contributed by atoms with E-state index in [0.29, 0.717) is 41.0 Å². The second kappa shape index (κ2) is 8.10. The fourth-order valence-electron chi connectivity index (χ4n) is 4.14. The number of nitrogens with two attached hydrogens (primary N) is 1. The number of pyridine rings is 1. The molecule has 146 valence electrons. The van der Waals surface area contributed by atoms with Crippen LogP contribution in [0.15, 0.2) is 24.3 Å². The zero-order valence-electron chi connectivity index (χ0n) is 16.2. The van der Waals surface area contributed by atoms with E-state index in [2.05, 4.69) is 11.1 Å². The Morgan fingerprint density at radius 1 is 1.14 bits per heavy atom. The van der Waals surface area contributed by atoms with Crippen molar-refractivity contribution in [2.45, 2.75) is 57.3 Å². The number of phenols is 1. The first-order valence-corrected chi connectivity index (χ1v) is 10.3. The number of phenolic OH excluding ortho intramolecular Hbond substituents is 1. The number of aromatic nitrogens is 1. The normalized spacial score (nSPS) is 17.7. The van der Waals surface area contributed by atoms with E-state index in [1.54, 1.807) is 12.1 Å². The topological polar surface area (TPSA) is 92.2 Å². The van der Waals surface area contributed by atoms with Gasteiger partial charge in [-0.3, -0.25) is 0 Å². The van der Waals surface area contributed by atoms with Crippen LogP contribution >= 0.6 is 0 Å². The minimum absolute atomic E-state index is 0.122. The summed E-state index contributed by atoms with van der Waals surface area (Å²) >= 11 is 0. The number of hydrogen-bond acceptors (Lipinski definition) is 5. The van der Waals surface area contributed by atoms with Gasteiger partial charge < -0.3 is 15.6 Å². The summed E-state index contributed by atoms with van der Waals surface area (Å²) in [6.07, 6.45) is 9.32. The van der Waals surface area contributed by atoms with Crippen molar-refractivity contribution < 1.29 is 9.84 Å². The van der Waals surface area contributed by atoms with Crippen molar-refractivity contribution in [2.75, 3.05) is 12.3 Å². The van der Waals surface area contributed by atoms with Crippen molar-refractivity contribution in [3.05, 3.63) is 35.4 Å². The third kappa shape index (κ3) is 3.91. The lowest BCUT2D eigenvalue weighted by molar-refractivity contribution is 0.299. The molecule has 1 aromatic carbocycles. The highest BCUT2D eigenvalue weighted by Crippen LogP contribution is 2.42. The standard InChI is InChI=1S/C23H27N3O2/c24-13-18-17(16-6-3-1-2-4-7-16)12-19(26-23(18)25)22-20(27)8-5-9-21(22)28-14-15-10-11-15/h5,8-9,12,15-16,27H,1-4,6-7,10-11,14H2,(H2,25,26). The molecule has 1 aromatic heterocycles. The van der Waals surface area contributed by atoms with Crippen LogP contribution in [0.5, 0.6) is 11.5 Å². The van der Waals surface area contributed by atoms with Crippen LogP contribution in [0.1, 0.15) is 68.4 Å². The van der Waals surface area contributed by atoms with Gasteiger partial charge in [-0.15, -0.1) is 0 Å². The lowest BCUT2D eigenvalue weighted by Crippen LogP contribution is -2.07. The first-order chi connectivity index (χ1) is 13.7. The number of rotatable bonds is 5. The van der Waals surface area contributed by atoms with Gasteiger partial charge in [0.2, 0.25) is 0 Å². The maximum atomic E-state index is 10.6. The van der Waals surface area contributed by atoms with Gasteiger partial charge in [-0.05, 0) is 61.3 Å². The van der Waals surface area contributed by atoms with Crippen LogP contribution in [0.25, 0.3) is 11.3 Å². The molecule has 0 bridgehead atoms. The highest BCUT2D eigenvalue weighted by Gasteiger charge is 2.25. The van der Waals surface area contributed by atoms with Crippen LogP contribution in [0.2, 0.25) is 0 Å². The maximum Gasteiger partial charge on any atom is 0.142 e. The Morgan fingerprint density at radius 3 is 2.57 bits per heavy atom. The highest BCUT2D eigenvalue weighted by atomic mass is 16.5. The quantitative estimate of drug-likeness (QED) is 0.704. The summed E-state index contributed by atoms with van der Waals surface area (Å²) in [5.74, 6) is 1.89. The number of nitrogen functional groups attached to an aromatic ring is 1. The van der Waals surface area contributed by atoms with Crippen molar-refractivity contribution in [3.8, 4) is 28.8 Å². The Hall–Kier alpha value is -2.74. The van der Waals surface area contributed by atoms with Crippen LogP contribution in [-0.4, -0.2) is 16.7 Å². The monoisotopic (exact) mass is 377 g/mol. The summed E-state index contributed by atoms with van der Waals surface area (Å²) in [6, 6.07) is 9.48. The molecule has 0 unspecified atom stereocenters. The van der Waals surface area contributed by atoms with E-state index in [-0.39, 0.29) is 11.6 Å². The van der Waals surface area contributed by atoms with Gasteiger partial charge in [0.25, 0.3) is 0 Å². The van der Waals surface area contributed by atoms with E-state index in [9.17, 15) is 10.4 Å². The Kier molecular flexibility index (Phi) is 5.38. The predicted molar refractivity (Wildman–Crippen MR) is 109 cm³/mol. The molecule has 2 saturated carbocycles. The molecule has 0 aliphatic heterocycles. The minimum Gasteiger partial charge on any atom is -0.507 e. The molecule has 0 saturated heterocycles. The number of anilines is 1. The molecule has 0 amide bonds. The molecule has 28 heavy (non-hydrogen) atoms. The SMILES string of the molecule is N#Cc1c(C2CCCCCC2)cc(-c2c(O)cccc2OCC2CC2)nc1N. The molecule has 2 fully saturated rings. The van der Waals surface area contributed by atoms with Crippen LogP contribution in [0, 0.1) is 17.2 Å². The van der Waals surface area contributed by atoms with Crippen molar-refractivity contribution in [1.82, 2.24) is 4.98 Å². The summed E-state index contributed by atoms with van der Waals surface area (Å²) in [7, 11) is 0. The summed E-state index contributed by atoms with van der Waals surface area (Å²) in [6.45, 7) is 0.650. The zero-order valence-corrected chi connectivity index (χ0v) is 16.2. The van der Waals surface area contributed by atoms with Crippen LogP contribution < -0.4 is 10.5 Å². The van der Waals surface area contributed by atoms with E-state index in [1.807, 2.05) is 12.1 Å². The lowest BCUT2D eigenvalue weighted by Gasteiger charge is -2.19. The van der Waals surface area contributed by atoms with Gasteiger partial charge in [0.1, 0.15) is 23.4 Å². The summed E-state index contributed by atoms with van der Waals surface area (Å²) < 4.78 is 5.99. The number of ether oxygens (including phenoxy) is 1. The lowest BCUT2D eigenvalue weighted by atomic mass is 9.88. The van der Waals surface area contributed by atoms with Gasteiger partial charge in [-0.1, -0.05) is 31.7 Å². The maximum absolute atomic E-state index is 10.6. The third-order valence-corrected chi connectivity index (χ3v) is 5.92. The molecule has 5 nitrogen and oxygen atoms in total. The second-order valence-electron chi connectivity index (χ2n) is 8.06. The average molecular weight is 377 g/mol. The van der Waals surface area contributed by atoms with E-state index in [0.717, 1.165) is 18.4 Å². The summed E-state index contributed by atoms with van der Waals surface area (Å²) in [5.41, 5.74) is 8.78. The first-order valence-electron chi connectivity index (χ1n) is 10.3. The molecule has 2 aliphatic carbocycles. The molecule has 1 heterocycles. The molecule has 3 N–H and O–H groups in total. The van der Waals surface area contributed by atoms with Gasteiger partial charge >= 0.3 is 0 Å². The first kappa shape index (κ1) is 18.6. The molecule has 0 spiro atoms. The highest BCUT2D eigenvalue weighted by molar-refractivity contribution is 5.76. The van der Waals surface area contributed by atoms with Gasteiger partial charge in [-0.2, -0.15) is 5.26 Å². The van der Waals surface area contributed by atoms with E-state index in [4.69, 9.17) is 10.5 Å². The average Bonchev–Trinajstić information content (AvgIpc) is 3.52. The zero-order chi connectivity index (χ0) is 19.5. The van der Waals surface area contributed by atoms with Crippen molar-refractivity contribution in [1.29, 1.82) is 5.26 Å². The summed E-state index contributed by atoms with van der Waals surface area (Å²) in [5, 5.41) is 20.2. The van der Waals surface area contributed by atoms with Gasteiger partial charge in [0.15, 0.2) is 0 Å². The molecule has 4 rings (SSSR count). The predicted octanol–water partition coefficient (Wildman–Crippen LogP) is 5.13. The molecule has 2 aromatic rings. The van der Waals surface area contributed by atoms with Crippen LogP contribution in [-0.2, 0) is 0 Å². The fraction of sp³-hybridized carbons (Fsp3) is 0.478. The minimum atomic E-state index is 0.122. The van der Waals surface area contributed by atoms with E-state index >= 15 is 0 Å². The largest absolute Gasteiger partial charge is 0.507 e. The Balaban J connectivity index is 1.77. The molecule has 5 heteroatoms. The second-order valence-corrected chi connectivity index (χ2v) is 8.06. The number of nitriles is 1. The van der Waals surface area contributed by atoms with Crippen LogP contribution in [0.3, 0.4) is 0 Å². The van der Waals surface area contributed by atoms with Gasteiger partial charge in [0, 0.05) is 0 Å². The molecular formula is C23H27N3O2. The van der Waals surface area contributed by atoms with Gasteiger partial charge in [-0.25, -0.2) is 4.98 Å². The Labute approximate surface area is 166 Å². The van der Waals surface area contributed by atoms with Crippen molar-refractivity contribution >= 4 is 5.82 Å². The van der Waals surface area contributed by atoms with E-state index < -0.39 is 0 Å². The fourth-order valence-corrected chi connectivity index (χ4v) is 4.14. The van der Waals surface area contributed by atoms with Crippen molar-refractivity contribution in [2.24, 2.45) is 5.92 Å². The Bertz CT molecular complexity index is 891. The summed E-state index contributed by atoms with van der Waals surface area (Å²) in [4.78, 5) is 4.47. The molecule has 0 radical (unpaired) electrons. The number of aromatic hydroxyl groups is 1. The van der Waals surface area contributed by atoms with E-state index in [1.165, 1.54) is 38.5 Å². The molecular weight excluding hydrogens is 350 g/mol. The number of hydrogen-bond donors (Lipinski definition) is 2. The van der Waals surface area contributed by atoms with Crippen LogP contribution in [0.4, 0.5) is 5.82 Å². The Morgan fingerprint density at radius 2 is 1.89 bits per heavy atom.